The topological polar surface area (TPSA) is 59.8 Å². The zero-order valence-electron chi connectivity index (χ0n) is 15.3. The second kappa shape index (κ2) is 7.81. The molecule has 30 heavy (non-hydrogen) atoms. The van der Waals surface area contributed by atoms with Crippen LogP contribution in [0.1, 0.15) is 40.1 Å². The maximum atomic E-state index is 13.4. The average molecular weight is 428 g/mol. The summed E-state index contributed by atoms with van der Waals surface area (Å²) in [5.41, 5.74) is -2.87. The van der Waals surface area contributed by atoms with Gasteiger partial charge in [0.1, 0.15) is 5.69 Å². The van der Waals surface area contributed by atoms with E-state index in [0.29, 0.717) is 6.07 Å². The van der Waals surface area contributed by atoms with Crippen LogP contribution < -0.4 is 5.32 Å². The van der Waals surface area contributed by atoms with Crippen molar-refractivity contribution in [2.45, 2.75) is 25.3 Å². The van der Waals surface area contributed by atoms with Gasteiger partial charge in [0.15, 0.2) is 0 Å². The Labute approximate surface area is 166 Å². The van der Waals surface area contributed by atoms with Crippen LogP contribution in [0.4, 0.5) is 32.0 Å². The molecule has 2 heterocycles. The van der Waals surface area contributed by atoms with Crippen molar-refractivity contribution in [1.82, 2.24) is 14.8 Å². The lowest BCUT2D eigenvalue weighted by atomic mass is 9.98. The van der Waals surface area contributed by atoms with Crippen molar-refractivity contribution < 1.29 is 31.1 Å². The molecule has 0 spiro atoms. The van der Waals surface area contributed by atoms with Gasteiger partial charge in [-0.05, 0) is 36.8 Å². The molecule has 1 amide bonds. The molecular weight excluding hydrogens is 414 g/mol. The van der Waals surface area contributed by atoms with Crippen LogP contribution in [0.25, 0.3) is 0 Å². The fraction of sp³-hybridized carbons (Fsp3) is 0.211. The van der Waals surface area contributed by atoms with E-state index < -0.39 is 35.4 Å². The van der Waals surface area contributed by atoms with Gasteiger partial charge >= 0.3 is 12.4 Å². The summed E-state index contributed by atoms with van der Waals surface area (Å²) in [4.78, 5) is 16.0. The standard InChI is InChI=1S/C19H14F6N4O/c1-11(14-6-5-12(18(20,21)22)8-15(14)19(23,24)25)29-10-13(9-27-29)28-17(30)16-4-2-3-7-26-16/h2-11H,1H3,(H,28,30)/t11-/m1/s1. The van der Waals surface area contributed by atoms with Gasteiger partial charge < -0.3 is 5.32 Å². The zero-order valence-corrected chi connectivity index (χ0v) is 15.3. The van der Waals surface area contributed by atoms with E-state index >= 15 is 0 Å². The Morgan fingerprint density at radius 1 is 1.07 bits per heavy atom. The summed E-state index contributed by atoms with van der Waals surface area (Å²) in [6, 6.07) is 5.11. The van der Waals surface area contributed by atoms with Crippen LogP contribution in [0.3, 0.4) is 0 Å². The summed E-state index contributed by atoms with van der Waals surface area (Å²) in [6.07, 6.45) is -5.98. The molecule has 3 rings (SSSR count). The number of nitrogens with one attached hydrogen (secondary N) is 1. The first kappa shape index (κ1) is 21.3. The van der Waals surface area contributed by atoms with E-state index in [1.165, 1.54) is 31.6 Å². The van der Waals surface area contributed by atoms with E-state index in [-0.39, 0.29) is 23.0 Å². The van der Waals surface area contributed by atoms with Crippen molar-refractivity contribution >= 4 is 11.6 Å². The number of anilines is 1. The molecule has 0 aliphatic heterocycles. The lowest BCUT2D eigenvalue weighted by molar-refractivity contribution is -0.143. The number of rotatable bonds is 4. The fourth-order valence-electron chi connectivity index (χ4n) is 2.79. The van der Waals surface area contributed by atoms with Crippen molar-refractivity contribution in [2.24, 2.45) is 0 Å². The Bertz CT molecular complexity index is 1040. The van der Waals surface area contributed by atoms with Gasteiger partial charge in [-0.15, -0.1) is 0 Å². The van der Waals surface area contributed by atoms with Gasteiger partial charge in [-0.25, -0.2) is 0 Å². The molecule has 0 fully saturated rings. The predicted molar refractivity (Wildman–Crippen MR) is 94.7 cm³/mol. The molecule has 11 heteroatoms. The van der Waals surface area contributed by atoms with Crippen LogP contribution in [0.5, 0.6) is 0 Å². The Balaban J connectivity index is 1.88. The number of aromatic nitrogens is 3. The molecule has 158 valence electrons. The van der Waals surface area contributed by atoms with Crippen LogP contribution in [0.2, 0.25) is 0 Å². The molecule has 0 bridgehead atoms. The van der Waals surface area contributed by atoms with E-state index in [1.807, 2.05) is 0 Å². The first-order chi connectivity index (χ1) is 14.0. The van der Waals surface area contributed by atoms with Crippen LogP contribution in [0.15, 0.2) is 55.0 Å². The van der Waals surface area contributed by atoms with E-state index in [0.717, 1.165) is 10.7 Å². The highest BCUT2D eigenvalue weighted by Gasteiger charge is 2.39. The van der Waals surface area contributed by atoms with Gasteiger partial charge in [0, 0.05) is 12.4 Å². The highest BCUT2D eigenvalue weighted by molar-refractivity contribution is 6.02. The molecule has 1 atom stereocenters. The van der Waals surface area contributed by atoms with Crippen LogP contribution in [0, 0.1) is 0 Å². The predicted octanol–water partition coefficient (Wildman–Crippen LogP) is 5.18. The number of benzene rings is 1. The Hall–Kier alpha value is -3.37. The van der Waals surface area contributed by atoms with E-state index in [2.05, 4.69) is 15.4 Å². The second-order valence-electron chi connectivity index (χ2n) is 6.35. The minimum atomic E-state index is -4.99. The Morgan fingerprint density at radius 2 is 1.80 bits per heavy atom. The maximum absolute atomic E-state index is 13.4. The van der Waals surface area contributed by atoms with Crippen LogP contribution in [-0.2, 0) is 12.4 Å². The summed E-state index contributed by atoms with van der Waals surface area (Å²) in [6.45, 7) is 1.36. The number of halogens is 6. The van der Waals surface area contributed by atoms with Crippen LogP contribution in [-0.4, -0.2) is 20.7 Å². The smallest absolute Gasteiger partial charge is 0.318 e. The number of carbonyl (C=O) groups excluding carboxylic acids is 1. The number of hydrogen-bond donors (Lipinski definition) is 1. The lowest BCUT2D eigenvalue weighted by Crippen LogP contribution is -2.18. The molecule has 0 unspecified atom stereocenters. The van der Waals surface area contributed by atoms with E-state index in [4.69, 9.17) is 0 Å². The molecule has 5 nitrogen and oxygen atoms in total. The second-order valence-corrected chi connectivity index (χ2v) is 6.35. The van der Waals surface area contributed by atoms with Crippen molar-refractivity contribution in [1.29, 1.82) is 0 Å². The monoisotopic (exact) mass is 428 g/mol. The minimum absolute atomic E-state index is 0.0824. The molecule has 3 aromatic rings. The van der Waals surface area contributed by atoms with Crippen molar-refractivity contribution in [3.05, 3.63) is 77.4 Å². The first-order valence-electron chi connectivity index (χ1n) is 8.51. The van der Waals surface area contributed by atoms with Gasteiger partial charge in [0.05, 0.1) is 29.1 Å². The van der Waals surface area contributed by atoms with Crippen LogP contribution >= 0.6 is 0 Å². The molecule has 1 N–H and O–H groups in total. The summed E-state index contributed by atoms with van der Waals surface area (Å²) >= 11 is 0. The summed E-state index contributed by atoms with van der Waals surface area (Å²) in [5, 5.41) is 6.43. The highest BCUT2D eigenvalue weighted by Crippen LogP contribution is 2.39. The van der Waals surface area contributed by atoms with Crippen molar-refractivity contribution in [3.63, 3.8) is 0 Å². The molecule has 0 saturated carbocycles. The number of pyridine rings is 1. The number of amides is 1. The fourth-order valence-corrected chi connectivity index (χ4v) is 2.79. The molecule has 1 aromatic carbocycles. The maximum Gasteiger partial charge on any atom is 0.416 e. The van der Waals surface area contributed by atoms with E-state index in [9.17, 15) is 31.1 Å². The normalized spacial score (nSPS) is 13.2. The quantitative estimate of drug-likeness (QED) is 0.583. The minimum Gasteiger partial charge on any atom is -0.318 e. The van der Waals surface area contributed by atoms with Gasteiger partial charge in [-0.2, -0.15) is 31.4 Å². The molecule has 0 saturated heterocycles. The zero-order chi connectivity index (χ0) is 22.1. The SMILES string of the molecule is C[C@H](c1ccc(C(F)(F)F)cc1C(F)(F)F)n1cc(NC(=O)c2ccccn2)cn1. The van der Waals surface area contributed by atoms with Crippen molar-refractivity contribution in [2.75, 3.05) is 5.32 Å². The van der Waals surface area contributed by atoms with Crippen molar-refractivity contribution in [3.8, 4) is 0 Å². The third-order valence-electron chi connectivity index (χ3n) is 4.29. The molecule has 0 radical (unpaired) electrons. The number of hydrogen-bond acceptors (Lipinski definition) is 3. The number of nitrogens with zero attached hydrogens (tertiary/aromatic N) is 3. The summed E-state index contributed by atoms with van der Waals surface area (Å²) in [5.74, 6) is -0.548. The van der Waals surface area contributed by atoms with E-state index in [1.54, 1.807) is 12.1 Å². The lowest BCUT2D eigenvalue weighted by Gasteiger charge is -2.20. The third-order valence-corrected chi connectivity index (χ3v) is 4.29. The van der Waals surface area contributed by atoms with Gasteiger partial charge in [0.25, 0.3) is 5.91 Å². The molecule has 0 aliphatic rings. The summed E-state index contributed by atoms with van der Waals surface area (Å²) in [7, 11) is 0. The highest BCUT2D eigenvalue weighted by atomic mass is 19.4. The van der Waals surface area contributed by atoms with Gasteiger partial charge in [0.2, 0.25) is 0 Å². The van der Waals surface area contributed by atoms with Gasteiger partial charge in [-0.3, -0.25) is 14.5 Å². The first-order valence-corrected chi connectivity index (χ1v) is 8.51. The largest absolute Gasteiger partial charge is 0.416 e. The Kier molecular flexibility index (Phi) is 5.55. The summed E-state index contributed by atoms with van der Waals surface area (Å²) < 4.78 is 79.8. The molecular formula is C19H14F6N4O. The third kappa shape index (κ3) is 4.61. The molecule has 2 aromatic heterocycles. The van der Waals surface area contributed by atoms with Gasteiger partial charge in [-0.1, -0.05) is 12.1 Å². The number of carbonyl (C=O) groups is 1. The number of alkyl halides is 6. The molecule has 0 aliphatic carbocycles. The Morgan fingerprint density at radius 3 is 2.40 bits per heavy atom. The average Bonchev–Trinajstić information content (AvgIpc) is 3.14.